The van der Waals surface area contributed by atoms with Crippen LogP contribution in [0.15, 0.2) is 69.9 Å². The highest BCUT2D eigenvalue weighted by atomic mass is 35.5. The van der Waals surface area contributed by atoms with Gasteiger partial charge in [0.25, 0.3) is 5.91 Å². The fourth-order valence-corrected chi connectivity index (χ4v) is 3.30. The molecule has 3 aromatic rings. The van der Waals surface area contributed by atoms with Gasteiger partial charge in [-0.15, -0.1) is 0 Å². The fourth-order valence-electron chi connectivity index (χ4n) is 3.17. The van der Waals surface area contributed by atoms with E-state index >= 15 is 0 Å². The van der Waals surface area contributed by atoms with Gasteiger partial charge in [-0.25, -0.2) is 0 Å². The number of carbonyl (C=O) groups excluding carboxylic acids is 3. The van der Waals surface area contributed by atoms with E-state index in [0.717, 1.165) is 0 Å². The highest BCUT2D eigenvalue weighted by Crippen LogP contribution is 2.22. The fraction of sp³-hybridized carbons (Fsp3) is 0.190. The molecular weight excluding hydrogens is 410 g/mol. The lowest BCUT2D eigenvalue weighted by atomic mass is 10.3. The van der Waals surface area contributed by atoms with Gasteiger partial charge in [-0.2, -0.15) is 0 Å². The van der Waals surface area contributed by atoms with Gasteiger partial charge in [-0.05, 0) is 48.5 Å². The number of hydrogen-bond donors (Lipinski definition) is 0. The van der Waals surface area contributed by atoms with Crippen LogP contribution in [0.3, 0.4) is 0 Å². The Bertz CT molecular complexity index is 1030. The molecule has 3 heterocycles. The van der Waals surface area contributed by atoms with Crippen LogP contribution in [0.4, 0.5) is 5.69 Å². The largest absolute Gasteiger partial charge is 0.467 e. The predicted octanol–water partition coefficient (Wildman–Crippen LogP) is 3.00. The van der Waals surface area contributed by atoms with Crippen LogP contribution in [0.25, 0.3) is 0 Å². The zero-order valence-corrected chi connectivity index (χ0v) is 16.6. The lowest BCUT2D eigenvalue weighted by Gasteiger charge is -2.23. The number of halogens is 1. The molecule has 0 spiro atoms. The van der Waals surface area contributed by atoms with Gasteiger partial charge in [0.2, 0.25) is 11.8 Å². The van der Waals surface area contributed by atoms with E-state index in [0.29, 0.717) is 16.5 Å². The van der Waals surface area contributed by atoms with E-state index in [9.17, 15) is 14.4 Å². The molecule has 0 bridgehead atoms. The molecule has 2 aromatic heterocycles. The number of rotatable bonds is 6. The molecule has 30 heavy (non-hydrogen) atoms. The van der Waals surface area contributed by atoms with Crippen molar-refractivity contribution in [1.29, 1.82) is 0 Å². The molecule has 9 heteroatoms. The van der Waals surface area contributed by atoms with Crippen molar-refractivity contribution in [1.82, 2.24) is 9.80 Å². The van der Waals surface area contributed by atoms with E-state index in [1.54, 1.807) is 42.5 Å². The number of furan rings is 2. The van der Waals surface area contributed by atoms with Crippen molar-refractivity contribution in [3.63, 3.8) is 0 Å². The number of hydrogen-bond acceptors (Lipinski definition) is 5. The summed E-state index contributed by atoms with van der Waals surface area (Å²) in [5.74, 6) is -0.352. The van der Waals surface area contributed by atoms with Gasteiger partial charge in [0.05, 0.1) is 19.1 Å². The van der Waals surface area contributed by atoms with Crippen molar-refractivity contribution in [3.8, 4) is 0 Å². The Hall–Kier alpha value is -3.52. The molecule has 0 unspecified atom stereocenters. The predicted molar refractivity (Wildman–Crippen MR) is 108 cm³/mol. The van der Waals surface area contributed by atoms with Gasteiger partial charge < -0.3 is 18.6 Å². The van der Waals surface area contributed by atoms with Crippen LogP contribution in [0.5, 0.6) is 0 Å². The number of amides is 3. The first-order valence-corrected chi connectivity index (χ1v) is 9.58. The van der Waals surface area contributed by atoms with Crippen LogP contribution in [0.2, 0.25) is 5.02 Å². The van der Waals surface area contributed by atoms with Gasteiger partial charge in [-0.3, -0.25) is 19.3 Å². The summed E-state index contributed by atoms with van der Waals surface area (Å²) in [5, 5.41) is 0.559. The average Bonchev–Trinajstić information content (AvgIpc) is 3.50. The Morgan fingerprint density at radius 3 is 2.43 bits per heavy atom. The Morgan fingerprint density at radius 1 is 1.03 bits per heavy atom. The molecule has 3 amide bonds. The molecule has 8 nitrogen and oxygen atoms in total. The van der Waals surface area contributed by atoms with Crippen LogP contribution >= 0.6 is 11.6 Å². The molecule has 0 aliphatic carbocycles. The van der Waals surface area contributed by atoms with E-state index in [4.69, 9.17) is 20.4 Å². The van der Waals surface area contributed by atoms with Crippen molar-refractivity contribution >= 4 is 35.0 Å². The summed E-state index contributed by atoms with van der Waals surface area (Å²) in [6.45, 7) is -0.0866. The minimum absolute atomic E-state index is 0.0645. The summed E-state index contributed by atoms with van der Waals surface area (Å²) >= 11 is 5.90. The SMILES string of the molecule is O=C(CN(Cc1ccco1)C(=O)c1ccco1)N1CC(=O)N(c2ccc(Cl)cc2)C1. The zero-order chi connectivity index (χ0) is 21.1. The van der Waals surface area contributed by atoms with Crippen molar-refractivity contribution < 1.29 is 23.2 Å². The number of anilines is 1. The van der Waals surface area contributed by atoms with Crippen LogP contribution in [0.1, 0.15) is 16.3 Å². The Kier molecular flexibility index (Phi) is 5.58. The minimum Gasteiger partial charge on any atom is -0.467 e. The Balaban J connectivity index is 1.47. The molecular formula is C21H18ClN3O5. The summed E-state index contributed by atoms with van der Waals surface area (Å²) in [6, 6.07) is 13.4. The van der Waals surface area contributed by atoms with Crippen molar-refractivity contribution in [3.05, 3.63) is 77.6 Å². The third-order valence-electron chi connectivity index (χ3n) is 4.70. The van der Waals surface area contributed by atoms with E-state index in [1.807, 2.05) is 0 Å². The maximum Gasteiger partial charge on any atom is 0.290 e. The summed E-state index contributed by atoms with van der Waals surface area (Å²) in [7, 11) is 0. The van der Waals surface area contributed by atoms with Gasteiger partial charge in [0, 0.05) is 10.7 Å². The second-order valence-electron chi connectivity index (χ2n) is 6.75. The summed E-state index contributed by atoms with van der Waals surface area (Å²) < 4.78 is 10.5. The first kappa shape index (κ1) is 19.8. The van der Waals surface area contributed by atoms with Crippen LogP contribution in [-0.2, 0) is 16.1 Å². The molecule has 0 saturated carbocycles. The molecule has 0 N–H and O–H groups in total. The van der Waals surface area contributed by atoms with E-state index < -0.39 is 5.91 Å². The molecule has 0 radical (unpaired) electrons. The van der Waals surface area contributed by atoms with E-state index in [1.165, 1.54) is 33.3 Å². The average molecular weight is 428 g/mol. The highest BCUT2D eigenvalue weighted by molar-refractivity contribution is 6.30. The second kappa shape index (κ2) is 8.46. The lowest BCUT2D eigenvalue weighted by molar-refractivity contribution is -0.132. The number of carbonyl (C=O) groups is 3. The van der Waals surface area contributed by atoms with E-state index in [2.05, 4.69) is 0 Å². The zero-order valence-electron chi connectivity index (χ0n) is 15.9. The standard InChI is InChI=1S/C21H18ClN3O5/c22-15-5-7-16(8-6-15)25-14-24(13-20(25)27)19(26)12-23(11-17-3-1-9-29-17)21(28)18-4-2-10-30-18/h1-10H,11-14H2. The van der Waals surface area contributed by atoms with Crippen molar-refractivity contribution in [2.24, 2.45) is 0 Å². The van der Waals surface area contributed by atoms with Crippen LogP contribution < -0.4 is 4.90 Å². The monoisotopic (exact) mass is 427 g/mol. The maximum atomic E-state index is 12.9. The topological polar surface area (TPSA) is 87.2 Å². The van der Waals surface area contributed by atoms with Crippen molar-refractivity contribution in [2.75, 3.05) is 24.7 Å². The lowest BCUT2D eigenvalue weighted by Crippen LogP contribution is -2.42. The molecule has 1 saturated heterocycles. The molecule has 154 valence electrons. The van der Waals surface area contributed by atoms with Crippen LogP contribution in [-0.4, -0.2) is 47.3 Å². The molecule has 0 atom stereocenters. The summed E-state index contributed by atoms with van der Waals surface area (Å²) in [6.07, 6.45) is 2.89. The first-order valence-electron chi connectivity index (χ1n) is 9.20. The quantitative estimate of drug-likeness (QED) is 0.603. The molecule has 4 rings (SSSR count). The summed E-state index contributed by atoms with van der Waals surface area (Å²) in [4.78, 5) is 42.4. The Morgan fingerprint density at radius 2 is 1.77 bits per heavy atom. The Labute approximate surface area is 177 Å². The smallest absolute Gasteiger partial charge is 0.290 e. The number of benzene rings is 1. The normalized spacial score (nSPS) is 13.7. The maximum absolute atomic E-state index is 12.9. The summed E-state index contributed by atoms with van der Waals surface area (Å²) in [5.41, 5.74) is 0.652. The molecule has 1 fully saturated rings. The van der Waals surface area contributed by atoms with Gasteiger partial charge in [0.15, 0.2) is 5.76 Å². The van der Waals surface area contributed by atoms with Crippen LogP contribution in [0, 0.1) is 0 Å². The third-order valence-corrected chi connectivity index (χ3v) is 4.95. The highest BCUT2D eigenvalue weighted by Gasteiger charge is 2.33. The van der Waals surface area contributed by atoms with Crippen molar-refractivity contribution in [2.45, 2.75) is 6.54 Å². The second-order valence-corrected chi connectivity index (χ2v) is 7.19. The first-order chi connectivity index (χ1) is 14.5. The van der Waals surface area contributed by atoms with Gasteiger partial charge in [-0.1, -0.05) is 11.6 Å². The molecule has 1 aromatic carbocycles. The van der Waals surface area contributed by atoms with Gasteiger partial charge >= 0.3 is 0 Å². The number of nitrogens with zero attached hydrogens (tertiary/aromatic N) is 3. The molecule has 1 aliphatic rings. The third kappa shape index (κ3) is 4.23. The van der Waals surface area contributed by atoms with E-state index in [-0.39, 0.29) is 43.9 Å². The minimum atomic E-state index is -0.440. The van der Waals surface area contributed by atoms with Gasteiger partial charge in [0.1, 0.15) is 25.5 Å². The molecule has 1 aliphatic heterocycles.